The summed E-state index contributed by atoms with van der Waals surface area (Å²) in [6.45, 7) is 7.18. The molecule has 1 aromatic carbocycles. The van der Waals surface area contributed by atoms with Crippen LogP contribution in [-0.2, 0) is 0 Å². The van der Waals surface area contributed by atoms with Crippen molar-refractivity contribution in [2.24, 2.45) is 0 Å². The Morgan fingerprint density at radius 1 is 1.06 bits per heavy atom. The van der Waals surface area contributed by atoms with E-state index in [1.807, 2.05) is 42.8 Å². The molecule has 0 saturated heterocycles. The topological polar surface area (TPSA) is 98.0 Å². The molecule has 0 aliphatic rings. The molecule has 0 bridgehead atoms. The molecule has 0 aliphatic heterocycles. The second-order valence-corrected chi connectivity index (χ2v) is 8.69. The van der Waals surface area contributed by atoms with Gasteiger partial charge >= 0.3 is 0 Å². The first kappa shape index (κ1) is 23.3. The predicted molar refractivity (Wildman–Crippen MR) is 127 cm³/mol. The highest BCUT2D eigenvalue weighted by Crippen LogP contribution is 2.31. The first-order valence-corrected chi connectivity index (χ1v) is 10.8. The summed E-state index contributed by atoms with van der Waals surface area (Å²) in [4.78, 5) is 8.86. The number of nitrogens with zero attached hydrogens (tertiary/aromatic N) is 5. The van der Waals surface area contributed by atoms with Crippen LogP contribution in [0, 0.1) is 19.7 Å². The number of nitrogens with one attached hydrogen (secondary N) is 1. The van der Waals surface area contributed by atoms with Gasteiger partial charge in [0.25, 0.3) is 0 Å². The molecule has 1 unspecified atom stereocenters. The van der Waals surface area contributed by atoms with E-state index in [0.29, 0.717) is 23.1 Å². The minimum atomic E-state index is -1.14. The lowest BCUT2D eigenvalue weighted by molar-refractivity contribution is 0.0587. The molecule has 0 saturated carbocycles. The standard InChI is InChI=1S/C25H27FN6O2/c1-15-12-20(19-10-11-21(24(28-19)34-5)32-13-16(2)27-14-32)30-31-23(15)29-22(25(3,4)33)17-6-8-18(26)9-7-17/h6-14,22,33H,1-5H3,(H,29,31). The molecule has 0 aliphatic carbocycles. The quantitative estimate of drug-likeness (QED) is 0.420. The molecular formula is C25H27FN6O2. The summed E-state index contributed by atoms with van der Waals surface area (Å²) < 4.78 is 20.7. The smallest absolute Gasteiger partial charge is 0.238 e. The molecule has 0 spiro atoms. The number of anilines is 1. The zero-order valence-electron chi connectivity index (χ0n) is 19.7. The van der Waals surface area contributed by atoms with E-state index < -0.39 is 11.6 Å². The number of ether oxygens (including phenoxy) is 1. The number of aliphatic hydroxyl groups is 1. The number of imidazole rings is 1. The molecule has 4 rings (SSSR count). The maximum Gasteiger partial charge on any atom is 0.238 e. The molecule has 8 nitrogen and oxygen atoms in total. The molecule has 3 heterocycles. The molecule has 0 radical (unpaired) electrons. The van der Waals surface area contributed by atoms with Crippen molar-refractivity contribution in [1.82, 2.24) is 24.7 Å². The Bertz CT molecular complexity index is 1300. The van der Waals surface area contributed by atoms with Crippen molar-refractivity contribution in [1.29, 1.82) is 0 Å². The Labute approximate surface area is 197 Å². The van der Waals surface area contributed by atoms with Gasteiger partial charge in [-0.3, -0.25) is 0 Å². The molecule has 176 valence electrons. The van der Waals surface area contributed by atoms with Gasteiger partial charge in [0, 0.05) is 6.20 Å². The lowest BCUT2D eigenvalue weighted by atomic mass is 9.91. The van der Waals surface area contributed by atoms with Crippen LogP contribution < -0.4 is 10.1 Å². The minimum absolute atomic E-state index is 0.337. The summed E-state index contributed by atoms with van der Waals surface area (Å²) in [5.41, 5.74) is 3.25. The van der Waals surface area contributed by atoms with E-state index in [-0.39, 0.29) is 5.82 Å². The van der Waals surface area contributed by atoms with E-state index in [0.717, 1.165) is 22.5 Å². The van der Waals surface area contributed by atoms with Gasteiger partial charge in [0.05, 0.1) is 36.5 Å². The van der Waals surface area contributed by atoms with E-state index in [1.54, 1.807) is 39.4 Å². The minimum Gasteiger partial charge on any atom is -0.479 e. The number of pyridine rings is 1. The molecule has 0 amide bonds. The number of aryl methyl sites for hydroxylation is 2. The zero-order chi connectivity index (χ0) is 24.5. The van der Waals surface area contributed by atoms with Crippen molar-refractivity contribution in [3.8, 4) is 23.0 Å². The van der Waals surface area contributed by atoms with Crippen LogP contribution in [0.2, 0.25) is 0 Å². The highest BCUT2D eigenvalue weighted by Gasteiger charge is 2.29. The van der Waals surface area contributed by atoms with Gasteiger partial charge in [-0.25, -0.2) is 14.4 Å². The van der Waals surface area contributed by atoms with Crippen molar-refractivity contribution >= 4 is 5.82 Å². The average molecular weight is 463 g/mol. The van der Waals surface area contributed by atoms with Crippen LogP contribution in [0.15, 0.2) is 55.0 Å². The van der Waals surface area contributed by atoms with Crippen LogP contribution >= 0.6 is 0 Å². The van der Waals surface area contributed by atoms with Crippen molar-refractivity contribution < 1.29 is 14.2 Å². The summed E-state index contributed by atoms with van der Waals surface area (Å²) in [6.07, 6.45) is 3.60. The SMILES string of the molecule is COc1nc(-c2cc(C)c(NC(c3ccc(F)cc3)C(C)(C)O)nn2)ccc1-n1cnc(C)c1. The van der Waals surface area contributed by atoms with E-state index in [1.165, 1.54) is 12.1 Å². The molecule has 4 aromatic rings. The molecule has 34 heavy (non-hydrogen) atoms. The average Bonchev–Trinajstić information content (AvgIpc) is 3.24. The zero-order valence-corrected chi connectivity index (χ0v) is 19.7. The van der Waals surface area contributed by atoms with E-state index >= 15 is 0 Å². The fourth-order valence-electron chi connectivity index (χ4n) is 3.69. The number of hydrogen-bond donors (Lipinski definition) is 2. The monoisotopic (exact) mass is 462 g/mol. The van der Waals surface area contributed by atoms with Gasteiger partial charge in [-0.15, -0.1) is 10.2 Å². The molecule has 2 N–H and O–H groups in total. The van der Waals surface area contributed by atoms with Gasteiger partial charge < -0.3 is 19.7 Å². The van der Waals surface area contributed by atoms with Crippen LogP contribution in [-0.4, -0.2) is 42.5 Å². The Morgan fingerprint density at radius 3 is 2.38 bits per heavy atom. The Morgan fingerprint density at radius 2 is 1.79 bits per heavy atom. The second kappa shape index (κ2) is 9.18. The van der Waals surface area contributed by atoms with Crippen LogP contribution in [0.1, 0.15) is 36.7 Å². The molecule has 3 aromatic heterocycles. The highest BCUT2D eigenvalue weighted by atomic mass is 19.1. The maximum absolute atomic E-state index is 13.4. The van der Waals surface area contributed by atoms with Gasteiger partial charge in [0.1, 0.15) is 17.2 Å². The van der Waals surface area contributed by atoms with Crippen LogP contribution in [0.5, 0.6) is 5.88 Å². The lowest BCUT2D eigenvalue weighted by Crippen LogP contribution is -2.35. The largest absolute Gasteiger partial charge is 0.479 e. The summed E-state index contributed by atoms with van der Waals surface area (Å²) in [7, 11) is 1.57. The molecule has 9 heteroatoms. The van der Waals surface area contributed by atoms with Crippen LogP contribution in [0.4, 0.5) is 10.2 Å². The first-order chi connectivity index (χ1) is 16.2. The van der Waals surface area contributed by atoms with Gasteiger partial charge in [-0.1, -0.05) is 12.1 Å². The van der Waals surface area contributed by atoms with Crippen LogP contribution in [0.3, 0.4) is 0 Å². The Balaban J connectivity index is 1.63. The molecule has 1 atom stereocenters. The second-order valence-electron chi connectivity index (χ2n) is 8.69. The third kappa shape index (κ3) is 4.89. The third-order valence-electron chi connectivity index (χ3n) is 5.46. The molecular weight excluding hydrogens is 435 g/mol. The normalized spacial score (nSPS) is 12.4. The van der Waals surface area contributed by atoms with E-state index in [2.05, 4.69) is 25.5 Å². The lowest BCUT2D eigenvalue weighted by Gasteiger charge is -2.31. The summed E-state index contributed by atoms with van der Waals surface area (Å²) in [5, 5.41) is 22.7. The number of benzene rings is 1. The summed E-state index contributed by atoms with van der Waals surface area (Å²) in [5.74, 6) is 0.614. The van der Waals surface area contributed by atoms with Gasteiger partial charge in [-0.05, 0) is 69.2 Å². The fourth-order valence-corrected chi connectivity index (χ4v) is 3.69. The third-order valence-corrected chi connectivity index (χ3v) is 5.46. The number of hydrogen-bond acceptors (Lipinski definition) is 7. The predicted octanol–water partition coefficient (Wildman–Crippen LogP) is 4.41. The van der Waals surface area contributed by atoms with E-state index in [9.17, 15) is 9.50 Å². The van der Waals surface area contributed by atoms with Gasteiger partial charge in [-0.2, -0.15) is 0 Å². The van der Waals surface area contributed by atoms with E-state index in [4.69, 9.17) is 4.74 Å². The Kier molecular flexibility index (Phi) is 6.30. The highest BCUT2D eigenvalue weighted by molar-refractivity contribution is 5.61. The number of rotatable bonds is 7. The molecule has 0 fully saturated rings. The summed E-state index contributed by atoms with van der Waals surface area (Å²) >= 11 is 0. The van der Waals surface area contributed by atoms with Crippen LogP contribution in [0.25, 0.3) is 17.1 Å². The Hall–Kier alpha value is -3.85. The van der Waals surface area contributed by atoms with Crippen molar-refractivity contribution in [3.05, 3.63) is 77.6 Å². The van der Waals surface area contributed by atoms with Crippen molar-refractivity contribution in [2.45, 2.75) is 39.3 Å². The summed E-state index contributed by atoms with van der Waals surface area (Å²) in [6, 6.07) is 11.1. The first-order valence-electron chi connectivity index (χ1n) is 10.8. The van der Waals surface area contributed by atoms with Crippen molar-refractivity contribution in [2.75, 3.05) is 12.4 Å². The van der Waals surface area contributed by atoms with Gasteiger partial charge in [0.15, 0.2) is 5.82 Å². The maximum atomic E-state index is 13.4. The number of methoxy groups -OCH3 is 1. The number of aromatic nitrogens is 5. The number of halogens is 1. The fraction of sp³-hybridized carbons (Fsp3) is 0.280. The van der Waals surface area contributed by atoms with Gasteiger partial charge in [0.2, 0.25) is 5.88 Å². The van der Waals surface area contributed by atoms with Crippen molar-refractivity contribution in [3.63, 3.8) is 0 Å².